The summed E-state index contributed by atoms with van der Waals surface area (Å²) in [5.41, 5.74) is 0.260. The number of carbonyl (C=O) groups is 2. The van der Waals surface area contributed by atoms with Crippen molar-refractivity contribution in [2.45, 2.75) is 13.0 Å². The lowest BCUT2D eigenvalue weighted by atomic mass is 9.97. The van der Waals surface area contributed by atoms with E-state index in [0.717, 1.165) is 0 Å². The van der Waals surface area contributed by atoms with Crippen LogP contribution in [0.25, 0.3) is 0 Å². The standard InChI is InChI=1S/C15H18N2O4/c1-10(9-20-2)17-15(19)13(8-16)14(18)11-5-4-6-12(7-11)21-3/h4-7,10,13H,9H2,1-3H3,(H,17,19)/t10-,13-/m1/s1. The van der Waals surface area contributed by atoms with Gasteiger partial charge in [0, 0.05) is 18.7 Å². The summed E-state index contributed by atoms with van der Waals surface area (Å²) in [6, 6.07) is 7.81. The molecule has 1 rings (SSSR count). The molecule has 1 aromatic carbocycles. The summed E-state index contributed by atoms with van der Waals surface area (Å²) in [5, 5.41) is 11.7. The Morgan fingerprint density at radius 3 is 2.67 bits per heavy atom. The summed E-state index contributed by atoms with van der Waals surface area (Å²) in [7, 11) is 2.98. The summed E-state index contributed by atoms with van der Waals surface area (Å²) in [6.45, 7) is 2.03. The molecular formula is C15H18N2O4. The summed E-state index contributed by atoms with van der Waals surface area (Å²) in [5.74, 6) is -2.09. The molecule has 1 aromatic rings. The van der Waals surface area contributed by atoms with Gasteiger partial charge in [-0.1, -0.05) is 12.1 Å². The molecule has 0 saturated heterocycles. The maximum absolute atomic E-state index is 12.3. The van der Waals surface area contributed by atoms with Crippen LogP contribution in [0.1, 0.15) is 17.3 Å². The minimum atomic E-state index is -1.39. The van der Waals surface area contributed by atoms with Crippen molar-refractivity contribution < 1.29 is 19.1 Å². The Balaban J connectivity index is 2.86. The largest absolute Gasteiger partial charge is 0.497 e. The van der Waals surface area contributed by atoms with Gasteiger partial charge in [-0.15, -0.1) is 0 Å². The van der Waals surface area contributed by atoms with E-state index in [4.69, 9.17) is 14.7 Å². The van der Waals surface area contributed by atoms with Crippen molar-refractivity contribution in [1.29, 1.82) is 5.26 Å². The molecule has 0 aromatic heterocycles. The lowest BCUT2D eigenvalue weighted by molar-refractivity contribution is -0.123. The second-order valence-corrected chi connectivity index (χ2v) is 4.52. The minimum Gasteiger partial charge on any atom is -0.497 e. The first-order chi connectivity index (χ1) is 10.0. The topological polar surface area (TPSA) is 88.4 Å². The third-order valence-electron chi connectivity index (χ3n) is 2.81. The SMILES string of the molecule is COC[C@@H](C)NC(=O)[C@H](C#N)C(=O)c1cccc(OC)c1. The number of nitrogens with zero attached hydrogens (tertiary/aromatic N) is 1. The third kappa shape index (κ3) is 4.58. The maximum atomic E-state index is 12.3. The summed E-state index contributed by atoms with van der Waals surface area (Å²) < 4.78 is 9.92. The molecule has 0 aliphatic rings. The van der Waals surface area contributed by atoms with Gasteiger partial charge in [-0.05, 0) is 19.1 Å². The van der Waals surface area contributed by atoms with Gasteiger partial charge in [0.2, 0.25) is 5.91 Å². The molecule has 0 fully saturated rings. The lowest BCUT2D eigenvalue weighted by Gasteiger charge is -2.15. The van der Waals surface area contributed by atoms with E-state index in [9.17, 15) is 9.59 Å². The van der Waals surface area contributed by atoms with Crippen LogP contribution in [0.2, 0.25) is 0 Å². The number of nitriles is 1. The highest BCUT2D eigenvalue weighted by atomic mass is 16.5. The highest BCUT2D eigenvalue weighted by molar-refractivity contribution is 6.12. The van der Waals surface area contributed by atoms with E-state index in [-0.39, 0.29) is 11.6 Å². The molecule has 0 spiro atoms. The van der Waals surface area contributed by atoms with E-state index in [2.05, 4.69) is 5.32 Å². The zero-order valence-electron chi connectivity index (χ0n) is 12.3. The van der Waals surface area contributed by atoms with E-state index in [1.165, 1.54) is 20.3 Å². The Hall–Kier alpha value is -2.39. The van der Waals surface area contributed by atoms with Crippen LogP contribution in [0.4, 0.5) is 0 Å². The molecule has 21 heavy (non-hydrogen) atoms. The number of rotatable bonds is 7. The molecule has 0 saturated carbocycles. The fourth-order valence-electron chi connectivity index (χ4n) is 1.80. The average Bonchev–Trinajstić information content (AvgIpc) is 2.48. The number of carbonyl (C=O) groups excluding carboxylic acids is 2. The molecule has 1 N–H and O–H groups in total. The Morgan fingerprint density at radius 1 is 1.38 bits per heavy atom. The Labute approximate surface area is 123 Å². The van der Waals surface area contributed by atoms with Crippen LogP contribution in [-0.2, 0) is 9.53 Å². The second kappa shape index (κ2) is 8.02. The van der Waals surface area contributed by atoms with Crippen molar-refractivity contribution in [3.8, 4) is 11.8 Å². The molecule has 0 unspecified atom stereocenters. The van der Waals surface area contributed by atoms with Gasteiger partial charge in [-0.25, -0.2) is 0 Å². The zero-order chi connectivity index (χ0) is 15.8. The lowest BCUT2D eigenvalue weighted by Crippen LogP contribution is -2.41. The normalized spacial score (nSPS) is 12.9. The van der Waals surface area contributed by atoms with Gasteiger partial charge in [-0.2, -0.15) is 5.26 Å². The third-order valence-corrected chi connectivity index (χ3v) is 2.81. The number of Topliss-reactive ketones (excluding diaryl/α,β-unsaturated/α-hetero) is 1. The average molecular weight is 290 g/mol. The number of ether oxygens (including phenoxy) is 2. The predicted molar refractivity (Wildman–Crippen MR) is 75.9 cm³/mol. The molecule has 2 atom stereocenters. The first kappa shape index (κ1) is 16.7. The van der Waals surface area contributed by atoms with Crippen LogP contribution in [0.3, 0.4) is 0 Å². The summed E-state index contributed by atoms with van der Waals surface area (Å²) in [4.78, 5) is 24.2. The monoisotopic (exact) mass is 290 g/mol. The van der Waals surface area contributed by atoms with Crippen LogP contribution in [0.15, 0.2) is 24.3 Å². The minimum absolute atomic E-state index is 0.260. The Bertz CT molecular complexity index is 551. The molecule has 0 heterocycles. The summed E-state index contributed by atoms with van der Waals surface area (Å²) in [6.07, 6.45) is 0. The molecule has 0 radical (unpaired) electrons. The summed E-state index contributed by atoms with van der Waals surface area (Å²) >= 11 is 0. The van der Waals surface area contributed by atoms with Crippen molar-refractivity contribution >= 4 is 11.7 Å². The van der Waals surface area contributed by atoms with Gasteiger partial charge in [0.05, 0.1) is 19.8 Å². The highest BCUT2D eigenvalue weighted by Crippen LogP contribution is 2.16. The molecule has 0 aliphatic heterocycles. The van der Waals surface area contributed by atoms with Gasteiger partial charge in [0.25, 0.3) is 0 Å². The molecular weight excluding hydrogens is 272 g/mol. The Morgan fingerprint density at radius 2 is 2.10 bits per heavy atom. The first-order valence-corrected chi connectivity index (χ1v) is 6.40. The van der Waals surface area contributed by atoms with Gasteiger partial charge < -0.3 is 14.8 Å². The fourth-order valence-corrected chi connectivity index (χ4v) is 1.80. The smallest absolute Gasteiger partial charge is 0.245 e. The van der Waals surface area contributed by atoms with Crippen molar-refractivity contribution in [3.63, 3.8) is 0 Å². The number of nitrogens with one attached hydrogen (secondary N) is 1. The second-order valence-electron chi connectivity index (χ2n) is 4.52. The van der Waals surface area contributed by atoms with E-state index in [0.29, 0.717) is 12.4 Å². The first-order valence-electron chi connectivity index (χ1n) is 6.40. The van der Waals surface area contributed by atoms with Crippen LogP contribution in [0.5, 0.6) is 5.75 Å². The van der Waals surface area contributed by atoms with Crippen molar-refractivity contribution in [3.05, 3.63) is 29.8 Å². The van der Waals surface area contributed by atoms with Crippen LogP contribution < -0.4 is 10.1 Å². The molecule has 112 valence electrons. The van der Waals surface area contributed by atoms with Gasteiger partial charge in [0.1, 0.15) is 5.75 Å². The van der Waals surface area contributed by atoms with E-state index < -0.39 is 17.6 Å². The number of ketones is 1. The molecule has 0 bridgehead atoms. The van der Waals surface area contributed by atoms with E-state index in [1.54, 1.807) is 31.2 Å². The number of hydrogen-bond donors (Lipinski definition) is 1. The van der Waals surface area contributed by atoms with Crippen LogP contribution in [0, 0.1) is 17.2 Å². The van der Waals surface area contributed by atoms with Crippen molar-refractivity contribution in [2.75, 3.05) is 20.8 Å². The van der Waals surface area contributed by atoms with Crippen molar-refractivity contribution in [1.82, 2.24) is 5.32 Å². The van der Waals surface area contributed by atoms with Crippen LogP contribution >= 0.6 is 0 Å². The number of hydrogen-bond acceptors (Lipinski definition) is 5. The van der Waals surface area contributed by atoms with Crippen molar-refractivity contribution in [2.24, 2.45) is 5.92 Å². The zero-order valence-corrected chi connectivity index (χ0v) is 12.3. The predicted octanol–water partition coefficient (Wildman–Crippen LogP) is 1.17. The van der Waals surface area contributed by atoms with Gasteiger partial charge in [-0.3, -0.25) is 9.59 Å². The quantitative estimate of drug-likeness (QED) is 0.601. The number of benzene rings is 1. The molecule has 6 nitrogen and oxygen atoms in total. The highest BCUT2D eigenvalue weighted by Gasteiger charge is 2.28. The van der Waals surface area contributed by atoms with Gasteiger partial charge in [0.15, 0.2) is 11.7 Å². The number of methoxy groups -OCH3 is 2. The molecule has 1 amide bonds. The number of amides is 1. The maximum Gasteiger partial charge on any atom is 0.245 e. The van der Waals surface area contributed by atoms with E-state index in [1.807, 2.05) is 0 Å². The molecule has 0 aliphatic carbocycles. The van der Waals surface area contributed by atoms with E-state index >= 15 is 0 Å². The van der Waals surface area contributed by atoms with Crippen LogP contribution in [-0.4, -0.2) is 38.6 Å². The Kier molecular flexibility index (Phi) is 6.37. The van der Waals surface area contributed by atoms with Gasteiger partial charge >= 0.3 is 0 Å². The fraction of sp³-hybridized carbons (Fsp3) is 0.400. The molecule has 6 heteroatoms.